The van der Waals surface area contributed by atoms with Crippen molar-refractivity contribution in [3.8, 4) is 5.75 Å². The molecule has 1 aliphatic rings. The Bertz CT molecular complexity index is 544. The molecule has 1 aromatic rings. The van der Waals surface area contributed by atoms with Crippen molar-refractivity contribution in [3.63, 3.8) is 0 Å². The standard InChI is InChI=1S/C12H17BrN2O3S/c1-18-12-8-10(4-5-11(12)13)15-19(16,17)7-6-14-9-2-3-9/h4-5,8-9,14-15H,2-3,6-7H2,1H3. The highest BCUT2D eigenvalue weighted by molar-refractivity contribution is 9.10. The molecule has 7 heteroatoms. The molecule has 1 fully saturated rings. The summed E-state index contributed by atoms with van der Waals surface area (Å²) in [6, 6.07) is 5.61. The fourth-order valence-corrected chi connectivity index (χ4v) is 3.02. The molecule has 1 aliphatic carbocycles. The van der Waals surface area contributed by atoms with E-state index in [1.54, 1.807) is 18.2 Å². The zero-order valence-corrected chi connectivity index (χ0v) is 13.1. The van der Waals surface area contributed by atoms with Gasteiger partial charge in [0, 0.05) is 18.7 Å². The molecule has 0 amide bonds. The molecule has 0 bridgehead atoms. The molecule has 0 unspecified atom stereocenters. The van der Waals surface area contributed by atoms with E-state index in [0.29, 0.717) is 24.0 Å². The smallest absolute Gasteiger partial charge is 0.233 e. The Morgan fingerprint density at radius 2 is 2.16 bits per heavy atom. The van der Waals surface area contributed by atoms with E-state index in [0.717, 1.165) is 17.3 Å². The van der Waals surface area contributed by atoms with Crippen LogP contribution in [0.1, 0.15) is 12.8 Å². The van der Waals surface area contributed by atoms with Crippen molar-refractivity contribution >= 4 is 31.6 Å². The lowest BCUT2D eigenvalue weighted by atomic mass is 10.3. The number of sulfonamides is 1. The number of anilines is 1. The van der Waals surface area contributed by atoms with Gasteiger partial charge in [-0.25, -0.2) is 8.42 Å². The highest BCUT2D eigenvalue weighted by Crippen LogP contribution is 2.28. The summed E-state index contributed by atoms with van der Waals surface area (Å²) in [4.78, 5) is 0. The second-order valence-electron chi connectivity index (χ2n) is 4.50. The maximum atomic E-state index is 11.9. The third-order valence-corrected chi connectivity index (χ3v) is 4.75. The fourth-order valence-electron chi connectivity index (χ4n) is 1.64. The van der Waals surface area contributed by atoms with Gasteiger partial charge in [-0.3, -0.25) is 4.72 Å². The van der Waals surface area contributed by atoms with Crippen LogP contribution < -0.4 is 14.8 Å². The number of hydrogen-bond acceptors (Lipinski definition) is 4. The number of ether oxygens (including phenoxy) is 1. The number of rotatable bonds is 7. The van der Waals surface area contributed by atoms with Crippen LogP contribution in [-0.4, -0.2) is 33.9 Å². The largest absolute Gasteiger partial charge is 0.495 e. The van der Waals surface area contributed by atoms with Crippen molar-refractivity contribution in [2.45, 2.75) is 18.9 Å². The van der Waals surface area contributed by atoms with Gasteiger partial charge in [0.05, 0.1) is 23.0 Å². The van der Waals surface area contributed by atoms with Crippen LogP contribution in [0.25, 0.3) is 0 Å². The summed E-state index contributed by atoms with van der Waals surface area (Å²) < 4.78 is 32.2. The Labute approximate surface area is 121 Å². The molecule has 2 N–H and O–H groups in total. The first-order valence-corrected chi connectivity index (χ1v) is 8.52. The first kappa shape index (κ1) is 14.6. The number of benzene rings is 1. The van der Waals surface area contributed by atoms with Crippen molar-refractivity contribution in [2.75, 3.05) is 24.1 Å². The number of nitrogens with one attached hydrogen (secondary N) is 2. The lowest BCUT2D eigenvalue weighted by Crippen LogP contribution is -2.28. The van der Waals surface area contributed by atoms with Crippen LogP contribution in [0.3, 0.4) is 0 Å². The zero-order valence-electron chi connectivity index (χ0n) is 10.6. The summed E-state index contributed by atoms with van der Waals surface area (Å²) in [5.74, 6) is 0.665. The van der Waals surface area contributed by atoms with Gasteiger partial charge in [-0.05, 0) is 40.9 Å². The van der Waals surface area contributed by atoms with Gasteiger partial charge in [0.1, 0.15) is 5.75 Å². The van der Waals surface area contributed by atoms with Crippen molar-refractivity contribution in [1.29, 1.82) is 0 Å². The lowest BCUT2D eigenvalue weighted by Gasteiger charge is -2.10. The van der Waals surface area contributed by atoms with Crippen LogP contribution in [-0.2, 0) is 10.0 Å². The summed E-state index contributed by atoms with van der Waals surface area (Å²) in [6.45, 7) is 0.480. The van der Waals surface area contributed by atoms with Gasteiger partial charge in [-0.15, -0.1) is 0 Å². The molecule has 0 atom stereocenters. The number of methoxy groups -OCH3 is 1. The highest BCUT2D eigenvalue weighted by atomic mass is 79.9. The van der Waals surface area contributed by atoms with E-state index < -0.39 is 10.0 Å². The van der Waals surface area contributed by atoms with E-state index in [1.807, 2.05) is 0 Å². The van der Waals surface area contributed by atoms with Gasteiger partial charge in [-0.1, -0.05) is 0 Å². The minimum absolute atomic E-state index is 0.0713. The van der Waals surface area contributed by atoms with E-state index >= 15 is 0 Å². The van der Waals surface area contributed by atoms with E-state index in [-0.39, 0.29) is 5.75 Å². The maximum absolute atomic E-state index is 11.9. The van der Waals surface area contributed by atoms with E-state index in [4.69, 9.17) is 4.74 Å². The molecule has 1 aromatic carbocycles. The average molecular weight is 349 g/mol. The summed E-state index contributed by atoms with van der Waals surface area (Å²) in [7, 11) is -1.78. The minimum Gasteiger partial charge on any atom is -0.495 e. The molecule has 106 valence electrons. The molecule has 0 heterocycles. The van der Waals surface area contributed by atoms with E-state index in [2.05, 4.69) is 26.0 Å². The molecule has 0 aromatic heterocycles. The van der Waals surface area contributed by atoms with Crippen molar-refractivity contribution in [2.24, 2.45) is 0 Å². The monoisotopic (exact) mass is 348 g/mol. The summed E-state index contributed by atoms with van der Waals surface area (Å²) in [6.07, 6.45) is 2.30. The quantitative estimate of drug-likeness (QED) is 0.790. The van der Waals surface area contributed by atoms with Crippen molar-refractivity contribution in [1.82, 2.24) is 5.32 Å². The Morgan fingerprint density at radius 3 is 2.79 bits per heavy atom. The van der Waals surface area contributed by atoms with Gasteiger partial charge in [0.25, 0.3) is 0 Å². The molecule has 0 aliphatic heterocycles. The van der Waals surface area contributed by atoms with E-state index in [1.165, 1.54) is 7.11 Å². The highest BCUT2D eigenvalue weighted by Gasteiger charge is 2.21. The van der Waals surface area contributed by atoms with Crippen molar-refractivity contribution in [3.05, 3.63) is 22.7 Å². The summed E-state index contributed by atoms with van der Waals surface area (Å²) >= 11 is 3.32. The normalized spacial score (nSPS) is 15.3. The molecule has 19 heavy (non-hydrogen) atoms. The number of halogens is 1. The molecular formula is C12H17BrN2O3S. The van der Waals surface area contributed by atoms with Gasteiger partial charge < -0.3 is 10.1 Å². The molecule has 0 radical (unpaired) electrons. The Morgan fingerprint density at radius 1 is 1.42 bits per heavy atom. The van der Waals surface area contributed by atoms with Gasteiger partial charge in [-0.2, -0.15) is 0 Å². The summed E-state index contributed by atoms with van der Waals surface area (Å²) in [5, 5.41) is 3.18. The minimum atomic E-state index is -3.32. The van der Waals surface area contributed by atoms with Crippen molar-refractivity contribution < 1.29 is 13.2 Å². The summed E-state index contributed by atoms with van der Waals surface area (Å²) in [5.41, 5.74) is 0.506. The topological polar surface area (TPSA) is 67.4 Å². The maximum Gasteiger partial charge on any atom is 0.233 e. The Hall–Kier alpha value is -0.790. The Kier molecular flexibility index (Phi) is 4.70. The average Bonchev–Trinajstić information content (AvgIpc) is 3.15. The SMILES string of the molecule is COc1cc(NS(=O)(=O)CCNC2CC2)ccc1Br. The zero-order chi connectivity index (χ0) is 13.9. The lowest BCUT2D eigenvalue weighted by molar-refractivity contribution is 0.412. The molecule has 0 saturated heterocycles. The molecule has 2 rings (SSSR count). The predicted octanol–water partition coefficient (Wildman–Crippen LogP) is 1.95. The van der Waals surface area contributed by atoms with Crippen LogP contribution in [0.4, 0.5) is 5.69 Å². The van der Waals surface area contributed by atoms with Crippen LogP contribution in [0.2, 0.25) is 0 Å². The second-order valence-corrected chi connectivity index (χ2v) is 7.19. The molecule has 5 nitrogen and oxygen atoms in total. The fraction of sp³-hybridized carbons (Fsp3) is 0.500. The predicted molar refractivity (Wildman–Crippen MR) is 79.1 cm³/mol. The van der Waals surface area contributed by atoms with Gasteiger partial charge in [0.15, 0.2) is 0 Å². The van der Waals surface area contributed by atoms with Crippen LogP contribution in [0, 0.1) is 0 Å². The van der Waals surface area contributed by atoms with E-state index in [9.17, 15) is 8.42 Å². The second kappa shape index (κ2) is 6.11. The van der Waals surface area contributed by atoms with Crippen LogP contribution >= 0.6 is 15.9 Å². The molecule has 0 spiro atoms. The van der Waals surface area contributed by atoms with Gasteiger partial charge >= 0.3 is 0 Å². The first-order chi connectivity index (χ1) is 9.00. The van der Waals surface area contributed by atoms with Crippen LogP contribution in [0.15, 0.2) is 22.7 Å². The Balaban J connectivity index is 1.94. The van der Waals surface area contributed by atoms with Crippen LogP contribution in [0.5, 0.6) is 5.75 Å². The molecular weight excluding hydrogens is 332 g/mol. The third-order valence-electron chi connectivity index (χ3n) is 2.81. The third kappa shape index (κ3) is 4.67. The van der Waals surface area contributed by atoms with Gasteiger partial charge in [0.2, 0.25) is 10.0 Å². The molecule has 1 saturated carbocycles. The first-order valence-electron chi connectivity index (χ1n) is 6.07. The number of hydrogen-bond donors (Lipinski definition) is 2.